The van der Waals surface area contributed by atoms with Gasteiger partial charge in [0, 0.05) is 6.54 Å². The zero-order chi connectivity index (χ0) is 10.1. The maximum atomic E-state index is 5.93. The van der Waals surface area contributed by atoms with E-state index in [1.165, 1.54) is 17.6 Å². The molecule has 3 nitrogen and oxygen atoms in total. The number of thiophene rings is 1. The standard InChI is InChI=1S/C8H6Cl2N2OS/c9-6-1-5(7(10)14-6)8-12-4(2-11)3-13-8/h1,3H,2,11H2. The third-order valence-electron chi connectivity index (χ3n) is 1.65. The van der Waals surface area contributed by atoms with Gasteiger partial charge >= 0.3 is 0 Å². The van der Waals surface area contributed by atoms with E-state index in [2.05, 4.69) is 4.98 Å². The fourth-order valence-corrected chi connectivity index (χ4v) is 2.46. The minimum atomic E-state index is 0.346. The highest BCUT2D eigenvalue weighted by Crippen LogP contribution is 2.37. The van der Waals surface area contributed by atoms with E-state index in [1.807, 2.05) is 0 Å². The quantitative estimate of drug-likeness (QED) is 0.889. The highest BCUT2D eigenvalue weighted by Gasteiger charge is 2.13. The minimum absolute atomic E-state index is 0.346. The molecule has 0 bridgehead atoms. The van der Waals surface area contributed by atoms with Crippen LogP contribution in [0.3, 0.4) is 0 Å². The van der Waals surface area contributed by atoms with Crippen molar-refractivity contribution in [1.82, 2.24) is 4.98 Å². The van der Waals surface area contributed by atoms with Crippen LogP contribution in [0, 0.1) is 0 Å². The summed E-state index contributed by atoms with van der Waals surface area (Å²) in [5.74, 6) is 0.457. The van der Waals surface area contributed by atoms with Gasteiger partial charge in [0.15, 0.2) is 0 Å². The fourth-order valence-electron chi connectivity index (χ4n) is 1.01. The Morgan fingerprint density at radius 1 is 1.50 bits per heavy atom. The lowest BCUT2D eigenvalue weighted by Crippen LogP contribution is -1.95. The molecule has 6 heteroatoms. The van der Waals surface area contributed by atoms with Gasteiger partial charge in [0.05, 0.1) is 15.6 Å². The molecule has 2 aromatic rings. The van der Waals surface area contributed by atoms with Crippen LogP contribution < -0.4 is 5.73 Å². The largest absolute Gasteiger partial charge is 0.444 e. The zero-order valence-electron chi connectivity index (χ0n) is 6.96. The van der Waals surface area contributed by atoms with Crippen molar-refractivity contribution in [2.24, 2.45) is 5.73 Å². The molecule has 74 valence electrons. The molecular weight excluding hydrogens is 243 g/mol. The van der Waals surface area contributed by atoms with Crippen molar-refractivity contribution >= 4 is 34.5 Å². The Morgan fingerprint density at radius 3 is 2.79 bits per heavy atom. The van der Waals surface area contributed by atoms with Crippen molar-refractivity contribution in [2.75, 3.05) is 0 Å². The molecule has 0 aliphatic heterocycles. The lowest BCUT2D eigenvalue weighted by molar-refractivity contribution is 0.573. The van der Waals surface area contributed by atoms with Gasteiger partial charge in [-0.2, -0.15) is 0 Å². The van der Waals surface area contributed by atoms with E-state index < -0.39 is 0 Å². The number of rotatable bonds is 2. The number of oxazole rings is 1. The zero-order valence-corrected chi connectivity index (χ0v) is 9.29. The number of hydrogen-bond acceptors (Lipinski definition) is 4. The summed E-state index contributed by atoms with van der Waals surface area (Å²) < 4.78 is 6.39. The Kier molecular flexibility index (Phi) is 2.78. The second-order valence-corrected chi connectivity index (χ2v) is 4.87. The molecular formula is C8H6Cl2N2OS. The van der Waals surface area contributed by atoms with Crippen LogP contribution in [-0.4, -0.2) is 4.98 Å². The first-order valence-corrected chi connectivity index (χ1v) is 5.37. The van der Waals surface area contributed by atoms with Crippen LogP contribution in [0.2, 0.25) is 8.67 Å². The van der Waals surface area contributed by atoms with Crippen LogP contribution in [-0.2, 0) is 6.54 Å². The molecule has 0 aromatic carbocycles. The van der Waals surface area contributed by atoms with Gasteiger partial charge in [0.25, 0.3) is 0 Å². The summed E-state index contributed by atoms with van der Waals surface area (Å²) in [4.78, 5) is 4.15. The summed E-state index contributed by atoms with van der Waals surface area (Å²) in [7, 11) is 0. The highest BCUT2D eigenvalue weighted by molar-refractivity contribution is 7.20. The average Bonchev–Trinajstić information content (AvgIpc) is 2.71. The Balaban J connectivity index is 2.43. The molecule has 2 rings (SSSR count). The van der Waals surface area contributed by atoms with Crippen LogP contribution in [0.4, 0.5) is 0 Å². The Bertz CT molecular complexity index is 452. The summed E-state index contributed by atoms with van der Waals surface area (Å²) in [6.45, 7) is 0.346. The number of nitrogens with zero attached hydrogens (tertiary/aromatic N) is 1. The number of aromatic nitrogens is 1. The van der Waals surface area contributed by atoms with Crippen molar-refractivity contribution in [3.05, 3.63) is 26.7 Å². The summed E-state index contributed by atoms with van der Waals surface area (Å²) in [6.07, 6.45) is 1.51. The summed E-state index contributed by atoms with van der Waals surface area (Å²) in [5, 5.41) is 0. The summed E-state index contributed by atoms with van der Waals surface area (Å²) >= 11 is 13.0. The predicted octanol–water partition coefficient (Wildman–Crippen LogP) is 3.17. The Morgan fingerprint density at radius 2 is 2.29 bits per heavy atom. The molecule has 0 saturated carbocycles. The number of hydrogen-bond donors (Lipinski definition) is 1. The lowest BCUT2D eigenvalue weighted by atomic mass is 10.3. The van der Waals surface area contributed by atoms with E-state index in [4.69, 9.17) is 33.4 Å². The first-order chi connectivity index (χ1) is 6.70. The predicted molar refractivity (Wildman–Crippen MR) is 57.7 cm³/mol. The second kappa shape index (κ2) is 3.90. The van der Waals surface area contributed by atoms with Crippen LogP contribution in [0.5, 0.6) is 0 Å². The molecule has 0 amide bonds. The van der Waals surface area contributed by atoms with Crippen molar-refractivity contribution in [1.29, 1.82) is 0 Å². The van der Waals surface area contributed by atoms with Gasteiger partial charge in [0.2, 0.25) is 5.89 Å². The maximum Gasteiger partial charge on any atom is 0.228 e. The van der Waals surface area contributed by atoms with Gasteiger partial charge in [-0.3, -0.25) is 0 Å². The maximum absolute atomic E-state index is 5.93. The van der Waals surface area contributed by atoms with Gasteiger partial charge in [-0.05, 0) is 6.07 Å². The molecule has 2 heterocycles. The monoisotopic (exact) mass is 248 g/mol. The minimum Gasteiger partial charge on any atom is -0.444 e. The Hall–Kier alpha value is -0.550. The number of nitrogens with two attached hydrogens (primary N) is 1. The molecule has 0 aliphatic rings. The SMILES string of the molecule is NCc1coc(-c2cc(Cl)sc2Cl)n1. The van der Waals surface area contributed by atoms with Crippen LogP contribution in [0.1, 0.15) is 5.69 Å². The molecule has 0 radical (unpaired) electrons. The first-order valence-electron chi connectivity index (χ1n) is 3.80. The molecule has 0 unspecified atom stereocenters. The van der Waals surface area contributed by atoms with E-state index in [0.717, 1.165) is 0 Å². The summed E-state index contributed by atoms with van der Waals surface area (Å²) in [6, 6.07) is 1.72. The van der Waals surface area contributed by atoms with E-state index in [-0.39, 0.29) is 0 Å². The summed E-state index contributed by atoms with van der Waals surface area (Å²) in [5.41, 5.74) is 6.81. The van der Waals surface area contributed by atoms with Gasteiger partial charge in [0.1, 0.15) is 10.6 Å². The first kappa shape index (κ1) is 9.98. The fraction of sp³-hybridized carbons (Fsp3) is 0.125. The molecule has 0 spiro atoms. The van der Waals surface area contributed by atoms with Crippen molar-refractivity contribution in [3.8, 4) is 11.5 Å². The highest BCUT2D eigenvalue weighted by atomic mass is 35.5. The van der Waals surface area contributed by atoms with Gasteiger partial charge < -0.3 is 10.2 Å². The molecule has 2 N–H and O–H groups in total. The van der Waals surface area contributed by atoms with E-state index >= 15 is 0 Å². The van der Waals surface area contributed by atoms with Crippen molar-refractivity contribution in [3.63, 3.8) is 0 Å². The second-order valence-electron chi connectivity index (χ2n) is 2.59. The molecule has 0 atom stereocenters. The van der Waals surface area contributed by atoms with Gasteiger partial charge in [-0.1, -0.05) is 23.2 Å². The molecule has 0 fully saturated rings. The normalized spacial score (nSPS) is 10.8. The lowest BCUT2D eigenvalue weighted by Gasteiger charge is -1.88. The van der Waals surface area contributed by atoms with Gasteiger partial charge in [-0.15, -0.1) is 11.3 Å². The van der Waals surface area contributed by atoms with Crippen LogP contribution in [0.15, 0.2) is 16.7 Å². The molecule has 0 saturated heterocycles. The van der Waals surface area contributed by atoms with E-state index in [9.17, 15) is 0 Å². The number of halogens is 2. The third kappa shape index (κ3) is 1.79. The van der Waals surface area contributed by atoms with Crippen molar-refractivity contribution in [2.45, 2.75) is 6.54 Å². The molecule has 0 aliphatic carbocycles. The van der Waals surface area contributed by atoms with E-state index in [1.54, 1.807) is 6.07 Å². The average molecular weight is 249 g/mol. The smallest absolute Gasteiger partial charge is 0.228 e. The van der Waals surface area contributed by atoms with Crippen LogP contribution >= 0.6 is 34.5 Å². The van der Waals surface area contributed by atoms with E-state index in [0.29, 0.717) is 32.4 Å². The van der Waals surface area contributed by atoms with Crippen molar-refractivity contribution < 1.29 is 4.42 Å². The van der Waals surface area contributed by atoms with Gasteiger partial charge in [-0.25, -0.2) is 4.98 Å². The topological polar surface area (TPSA) is 52.0 Å². The molecule has 2 aromatic heterocycles. The molecule has 14 heavy (non-hydrogen) atoms. The third-order valence-corrected chi connectivity index (χ3v) is 3.14. The Labute approximate surface area is 94.5 Å². The van der Waals surface area contributed by atoms with Crippen LogP contribution in [0.25, 0.3) is 11.5 Å².